The predicted octanol–water partition coefficient (Wildman–Crippen LogP) is 17.1. The molecule has 4 nitrogen and oxygen atoms in total. The second kappa shape index (κ2) is 45.5. The zero-order valence-electron chi connectivity index (χ0n) is 37.6. The van der Waals surface area contributed by atoms with Crippen molar-refractivity contribution in [1.29, 1.82) is 0 Å². The molecule has 0 aromatic rings. The van der Waals surface area contributed by atoms with Gasteiger partial charge in [-0.2, -0.15) is 0 Å². The van der Waals surface area contributed by atoms with E-state index in [1.54, 1.807) is 23.5 Å². The van der Waals surface area contributed by atoms with Gasteiger partial charge in [-0.1, -0.05) is 78.1 Å². The summed E-state index contributed by atoms with van der Waals surface area (Å²) < 4.78 is 14.7. The molecule has 0 fully saturated rings. The zero-order chi connectivity index (χ0) is 40.2. The summed E-state index contributed by atoms with van der Waals surface area (Å²) in [5.41, 5.74) is 0. The molecule has 0 unspecified atom stereocenters. The molecule has 328 valence electrons. The smallest absolute Gasteiger partial charge is 0.0654 e. The standard InChI is InChI=1S/2C16H32O2S.2C8H17.Sn/c2*1-2-3-4-5-6-7-8-9-10-11-12-13-14-19-15-16(17)18;2*1-3-5-7-8-6-4-2;/h2*2-15H2,1H3,(H,17,18);2*1,3-8H2,2H3;/q;;;;+2/p-2. The van der Waals surface area contributed by atoms with Gasteiger partial charge in [-0.05, 0) is 0 Å². The van der Waals surface area contributed by atoms with Crippen molar-refractivity contribution in [3.05, 3.63) is 0 Å². The molecule has 0 aliphatic heterocycles. The molecule has 0 heterocycles. The van der Waals surface area contributed by atoms with Crippen LogP contribution in [0, 0.1) is 0 Å². The minimum absolute atomic E-state index is 0.117. The summed E-state index contributed by atoms with van der Waals surface area (Å²) in [6, 6.07) is 0. The third-order valence-corrected chi connectivity index (χ3v) is 23.0. The van der Waals surface area contributed by atoms with E-state index in [0.29, 0.717) is 11.5 Å². The second-order valence-electron chi connectivity index (χ2n) is 16.8. The average molecular weight is 920 g/mol. The van der Waals surface area contributed by atoms with Gasteiger partial charge >= 0.3 is 283 Å². The molecule has 0 aliphatic rings. The number of thioether (sulfide) groups is 2. The first-order valence-corrected chi connectivity index (χ1v) is 33.3. The average Bonchev–Trinajstić information content (AvgIpc) is 3.17. The van der Waals surface area contributed by atoms with Crippen molar-refractivity contribution in [2.45, 2.75) is 268 Å². The summed E-state index contributed by atoms with van der Waals surface area (Å²) in [6.07, 6.45) is 46.8. The Hall–Kier alpha value is 0.439. The molecular formula is C48H96O4S2Sn. The van der Waals surface area contributed by atoms with E-state index < -0.39 is 19.2 Å². The monoisotopic (exact) mass is 921 g/mol. The summed E-state index contributed by atoms with van der Waals surface area (Å²) in [4.78, 5) is 26.8. The van der Waals surface area contributed by atoms with Crippen LogP contribution in [0.4, 0.5) is 0 Å². The van der Waals surface area contributed by atoms with Gasteiger partial charge in [0.05, 0.1) is 0 Å². The van der Waals surface area contributed by atoms with Crippen LogP contribution >= 0.6 is 23.5 Å². The van der Waals surface area contributed by atoms with Gasteiger partial charge < -0.3 is 0 Å². The van der Waals surface area contributed by atoms with Crippen molar-refractivity contribution in [2.75, 3.05) is 23.0 Å². The molecule has 7 heteroatoms. The maximum absolute atomic E-state index is 13.4. The Morgan fingerprint density at radius 1 is 0.327 bits per heavy atom. The molecule has 0 spiro atoms. The van der Waals surface area contributed by atoms with Gasteiger partial charge in [-0.25, -0.2) is 0 Å². The van der Waals surface area contributed by atoms with Gasteiger partial charge in [0.25, 0.3) is 0 Å². The molecular weight excluding hydrogens is 823 g/mol. The van der Waals surface area contributed by atoms with Crippen LogP contribution < -0.4 is 0 Å². The Bertz CT molecular complexity index is 734. The Kier molecular flexibility index (Phi) is 45.9. The van der Waals surface area contributed by atoms with Gasteiger partial charge in [0.1, 0.15) is 0 Å². The molecule has 0 rings (SSSR count). The van der Waals surface area contributed by atoms with E-state index in [1.807, 2.05) is 0 Å². The fourth-order valence-corrected chi connectivity index (χ4v) is 19.0. The van der Waals surface area contributed by atoms with Crippen LogP contribution in [0.5, 0.6) is 0 Å². The summed E-state index contributed by atoms with van der Waals surface area (Å²) in [5.74, 6) is 2.59. The molecule has 0 N–H and O–H groups in total. The van der Waals surface area contributed by atoms with E-state index in [-0.39, 0.29) is 11.9 Å². The fraction of sp³-hybridized carbons (Fsp3) is 0.958. The third-order valence-electron chi connectivity index (χ3n) is 11.1. The van der Waals surface area contributed by atoms with Crippen molar-refractivity contribution in [2.24, 2.45) is 0 Å². The van der Waals surface area contributed by atoms with Crippen LogP contribution in [0.2, 0.25) is 8.87 Å². The number of carbonyl (C=O) groups is 2. The minimum atomic E-state index is -3.96. The van der Waals surface area contributed by atoms with Gasteiger partial charge in [-0.15, -0.1) is 0 Å². The number of rotatable bonds is 46. The molecule has 0 saturated heterocycles. The number of hydrogen-bond donors (Lipinski definition) is 0. The Labute approximate surface area is 358 Å². The summed E-state index contributed by atoms with van der Waals surface area (Å²) >= 11 is -0.517. The summed E-state index contributed by atoms with van der Waals surface area (Å²) in [7, 11) is 0. The first kappa shape index (κ1) is 55.4. The van der Waals surface area contributed by atoms with Crippen molar-refractivity contribution in [3.63, 3.8) is 0 Å². The third kappa shape index (κ3) is 41.0. The summed E-state index contributed by atoms with van der Waals surface area (Å²) in [6.45, 7) is 9.08. The van der Waals surface area contributed by atoms with Gasteiger partial charge in [0.15, 0.2) is 0 Å². The first-order valence-electron chi connectivity index (χ1n) is 24.6. The van der Waals surface area contributed by atoms with Crippen LogP contribution in [-0.4, -0.2) is 54.2 Å². The van der Waals surface area contributed by atoms with E-state index in [9.17, 15) is 9.59 Å². The van der Waals surface area contributed by atoms with Crippen LogP contribution in [0.25, 0.3) is 0 Å². The zero-order valence-corrected chi connectivity index (χ0v) is 42.1. The van der Waals surface area contributed by atoms with E-state index in [1.165, 1.54) is 205 Å². The Morgan fingerprint density at radius 2 is 0.545 bits per heavy atom. The molecule has 0 aromatic carbocycles. The van der Waals surface area contributed by atoms with Gasteiger partial charge in [0.2, 0.25) is 0 Å². The Morgan fingerprint density at radius 3 is 0.800 bits per heavy atom. The summed E-state index contributed by atoms with van der Waals surface area (Å²) in [5, 5.41) is 0. The van der Waals surface area contributed by atoms with Crippen molar-refractivity contribution >= 4 is 54.7 Å². The van der Waals surface area contributed by atoms with Crippen LogP contribution in [-0.2, 0) is 15.7 Å². The quantitative estimate of drug-likeness (QED) is 0.0448. The molecule has 0 bridgehead atoms. The normalized spacial score (nSPS) is 11.7. The SMILES string of the molecule is CCCCCCCCCCCCCCSCC(=O)[O][Sn]([CH2]CCCCCCC)([CH2]CCCCCCC)[O]C(=O)CSCCCCCCCCCCCCCC. The van der Waals surface area contributed by atoms with Gasteiger partial charge in [0, 0.05) is 0 Å². The van der Waals surface area contributed by atoms with Gasteiger partial charge in [-0.3, -0.25) is 0 Å². The Balaban J connectivity index is 4.80. The molecule has 55 heavy (non-hydrogen) atoms. The first-order chi connectivity index (χ1) is 27.0. The topological polar surface area (TPSA) is 52.6 Å². The van der Waals surface area contributed by atoms with E-state index >= 15 is 0 Å². The fourth-order valence-electron chi connectivity index (χ4n) is 7.57. The van der Waals surface area contributed by atoms with E-state index in [0.717, 1.165) is 46.1 Å². The molecule has 0 aliphatic carbocycles. The van der Waals surface area contributed by atoms with E-state index in [4.69, 9.17) is 6.15 Å². The number of unbranched alkanes of at least 4 members (excludes halogenated alkanes) is 32. The van der Waals surface area contributed by atoms with Crippen LogP contribution in [0.3, 0.4) is 0 Å². The van der Waals surface area contributed by atoms with Crippen LogP contribution in [0.1, 0.15) is 259 Å². The molecule has 0 atom stereocenters. The predicted molar refractivity (Wildman–Crippen MR) is 251 cm³/mol. The molecule has 0 saturated carbocycles. The molecule has 0 aromatic heterocycles. The number of carbonyl (C=O) groups excluding carboxylic acids is 2. The maximum atomic E-state index is 13.4. The number of hydrogen-bond acceptors (Lipinski definition) is 6. The van der Waals surface area contributed by atoms with Crippen LogP contribution in [0.15, 0.2) is 0 Å². The minimum Gasteiger partial charge on any atom is -0.0654 e. The van der Waals surface area contributed by atoms with Crippen molar-refractivity contribution in [1.82, 2.24) is 0 Å². The van der Waals surface area contributed by atoms with Crippen molar-refractivity contribution < 1.29 is 15.7 Å². The van der Waals surface area contributed by atoms with E-state index in [2.05, 4.69) is 27.7 Å². The molecule has 0 radical (unpaired) electrons. The van der Waals surface area contributed by atoms with Crippen molar-refractivity contribution in [3.8, 4) is 0 Å². The molecule has 0 amide bonds. The second-order valence-corrected chi connectivity index (χ2v) is 28.2.